The molecular formula is C21H22FN. The zero-order valence-electron chi connectivity index (χ0n) is 13.5. The standard InChI is InChI=1S/C21H22FN/c1-15-6-5-9-20(22)21(15)17-12-18-10-11-19(13-17)23(18)14-16-7-3-2-4-8-16/h2-9,12,18-19H,10-11,13-14H2,1H3. The maximum absolute atomic E-state index is 14.3. The van der Waals surface area contributed by atoms with Crippen molar-refractivity contribution in [1.29, 1.82) is 0 Å². The summed E-state index contributed by atoms with van der Waals surface area (Å²) in [5.41, 5.74) is 4.46. The van der Waals surface area contributed by atoms with Crippen LogP contribution in [0.3, 0.4) is 0 Å². The molecule has 0 aromatic heterocycles. The highest BCUT2D eigenvalue weighted by Crippen LogP contribution is 2.40. The van der Waals surface area contributed by atoms with Gasteiger partial charge in [-0.2, -0.15) is 0 Å². The number of benzene rings is 2. The van der Waals surface area contributed by atoms with Crippen molar-refractivity contribution in [3.05, 3.63) is 77.1 Å². The van der Waals surface area contributed by atoms with Crippen LogP contribution in [-0.4, -0.2) is 17.0 Å². The third-order valence-electron chi connectivity index (χ3n) is 5.29. The average molecular weight is 307 g/mol. The van der Waals surface area contributed by atoms with Gasteiger partial charge in [0.15, 0.2) is 0 Å². The lowest BCUT2D eigenvalue weighted by molar-refractivity contribution is 0.203. The molecule has 0 saturated carbocycles. The van der Waals surface area contributed by atoms with Gasteiger partial charge in [-0.1, -0.05) is 48.5 Å². The van der Waals surface area contributed by atoms with Crippen LogP contribution in [0.5, 0.6) is 0 Å². The Morgan fingerprint density at radius 1 is 1.04 bits per heavy atom. The summed E-state index contributed by atoms with van der Waals surface area (Å²) in [5, 5.41) is 0. The number of hydrogen-bond acceptors (Lipinski definition) is 1. The molecule has 2 heterocycles. The Morgan fingerprint density at radius 3 is 2.61 bits per heavy atom. The summed E-state index contributed by atoms with van der Waals surface area (Å²) in [6.07, 6.45) is 5.68. The SMILES string of the molecule is Cc1cccc(F)c1C1=CC2CCC(C1)N2Cc1ccccc1. The predicted molar refractivity (Wildman–Crippen MR) is 92.5 cm³/mol. The summed E-state index contributed by atoms with van der Waals surface area (Å²) < 4.78 is 14.3. The summed E-state index contributed by atoms with van der Waals surface area (Å²) >= 11 is 0. The van der Waals surface area contributed by atoms with Gasteiger partial charge >= 0.3 is 0 Å². The smallest absolute Gasteiger partial charge is 0.130 e. The molecule has 2 unspecified atom stereocenters. The highest BCUT2D eigenvalue weighted by molar-refractivity contribution is 5.71. The molecule has 1 saturated heterocycles. The summed E-state index contributed by atoms with van der Waals surface area (Å²) in [7, 11) is 0. The lowest BCUT2D eigenvalue weighted by Gasteiger charge is -2.34. The molecular weight excluding hydrogens is 285 g/mol. The van der Waals surface area contributed by atoms with E-state index in [1.807, 2.05) is 13.0 Å². The van der Waals surface area contributed by atoms with E-state index in [-0.39, 0.29) is 5.82 Å². The lowest BCUT2D eigenvalue weighted by atomic mass is 9.91. The quantitative estimate of drug-likeness (QED) is 0.775. The van der Waals surface area contributed by atoms with Crippen LogP contribution < -0.4 is 0 Å². The van der Waals surface area contributed by atoms with Crippen LogP contribution in [-0.2, 0) is 6.54 Å². The fourth-order valence-corrected chi connectivity index (χ4v) is 4.18. The minimum atomic E-state index is -0.0767. The first-order valence-electron chi connectivity index (χ1n) is 8.48. The van der Waals surface area contributed by atoms with Gasteiger partial charge in [-0.3, -0.25) is 4.90 Å². The third-order valence-corrected chi connectivity index (χ3v) is 5.29. The van der Waals surface area contributed by atoms with Gasteiger partial charge in [0.05, 0.1) is 0 Å². The van der Waals surface area contributed by atoms with E-state index in [1.54, 1.807) is 12.1 Å². The molecule has 2 bridgehead atoms. The molecule has 0 spiro atoms. The second-order valence-electron chi connectivity index (χ2n) is 6.78. The summed E-state index contributed by atoms with van der Waals surface area (Å²) in [6.45, 7) is 3.01. The Morgan fingerprint density at radius 2 is 1.87 bits per heavy atom. The van der Waals surface area contributed by atoms with Crippen LogP contribution in [0.15, 0.2) is 54.6 Å². The van der Waals surface area contributed by atoms with E-state index in [2.05, 4.69) is 41.3 Å². The van der Waals surface area contributed by atoms with Crippen LogP contribution in [0.4, 0.5) is 4.39 Å². The molecule has 118 valence electrons. The van der Waals surface area contributed by atoms with E-state index in [0.29, 0.717) is 12.1 Å². The molecule has 2 aromatic carbocycles. The van der Waals surface area contributed by atoms with Crippen LogP contribution in [0.1, 0.15) is 36.0 Å². The van der Waals surface area contributed by atoms with E-state index in [1.165, 1.54) is 24.0 Å². The molecule has 23 heavy (non-hydrogen) atoms. The van der Waals surface area contributed by atoms with Crippen LogP contribution >= 0.6 is 0 Å². The number of fused-ring (bicyclic) bond motifs is 2. The van der Waals surface area contributed by atoms with Crippen molar-refractivity contribution < 1.29 is 4.39 Å². The summed E-state index contributed by atoms with van der Waals surface area (Å²) in [5.74, 6) is -0.0767. The normalized spacial score (nSPS) is 23.8. The van der Waals surface area contributed by atoms with Gasteiger partial charge in [-0.05, 0) is 49.0 Å². The van der Waals surface area contributed by atoms with E-state index in [4.69, 9.17) is 0 Å². The Labute approximate surface area is 137 Å². The number of nitrogens with zero attached hydrogens (tertiary/aromatic N) is 1. The molecule has 2 atom stereocenters. The minimum absolute atomic E-state index is 0.0767. The zero-order valence-corrected chi connectivity index (χ0v) is 13.5. The fraction of sp³-hybridized carbons (Fsp3) is 0.333. The first-order valence-corrected chi connectivity index (χ1v) is 8.48. The number of halogens is 1. The van der Waals surface area contributed by atoms with E-state index >= 15 is 0 Å². The Kier molecular flexibility index (Phi) is 3.78. The second-order valence-corrected chi connectivity index (χ2v) is 6.78. The molecule has 1 fully saturated rings. The van der Waals surface area contributed by atoms with Gasteiger partial charge < -0.3 is 0 Å². The Hall–Kier alpha value is -1.93. The first kappa shape index (κ1) is 14.6. The summed E-state index contributed by atoms with van der Waals surface area (Å²) in [4.78, 5) is 2.59. The van der Waals surface area contributed by atoms with Crippen molar-refractivity contribution in [3.63, 3.8) is 0 Å². The van der Waals surface area contributed by atoms with Crippen molar-refractivity contribution >= 4 is 5.57 Å². The van der Waals surface area contributed by atoms with Crippen molar-refractivity contribution in [2.24, 2.45) is 0 Å². The van der Waals surface area contributed by atoms with Gasteiger partial charge in [0.1, 0.15) is 5.82 Å². The van der Waals surface area contributed by atoms with Crippen molar-refractivity contribution in [2.45, 2.75) is 44.8 Å². The first-order chi connectivity index (χ1) is 11.2. The van der Waals surface area contributed by atoms with Crippen molar-refractivity contribution in [1.82, 2.24) is 4.90 Å². The van der Waals surface area contributed by atoms with Gasteiger partial charge in [0.25, 0.3) is 0 Å². The largest absolute Gasteiger partial charge is 0.289 e. The minimum Gasteiger partial charge on any atom is -0.289 e. The molecule has 0 N–H and O–H groups in total. The molecule has 1 nitrogen and oxygen atoms in total. The number of aryl methyl sites for hydroxylation is 1. The molecule has 0 radical (unpaired) electrons. The lowest BCUT2D eigenvalue weighted by Crippen LogP contribution is -2.37. The van der Waals surface area contributed by atoms with E-state index < -0.39 is 0 Å². The van der Waals surface area contributed by atoms with E-state index in [0.717, 1.165) is 24.1 Å². The van der Waals surface area contributed by atoms with Gasteiger partial charge in [-0.15, -0.1) is 0 Å². The van der Waals surface area contributed by atoms with Crippen LogP contribution in [0, 0.1) is 12.7 Å². The number of hydrogen-bond donors (Lipinski definition) is 0. The van der Waals surface area contributed by atoms with Gasteiger partial charge in [-0.25, -0.2) is 4.39 Å². The highest BCUT2D eigenvalue weighted by atomic mass is 19.1. The second kappa shape index (κ2) is 5.93. The molecule has 2 aromatic rings. The molecule has 0 amide bonds. The van der Waals surface area contributed by atoms with Gasteiger partial charge in [0, 0.05) is 24.2 Å². The molecule has 0 aliphatic carbocycles. The average Bonchev–Trinajstić information content (AvgIpc) is 2.78. The topological polar surface area (TPSA) is 3.24 Å². The molecule has 2 heteroatoms. The third kappa shape index (κ3) is 2.72. The van der Waals surface area contributed by atoms with Crippen molar-refractivity contribution in [2.75, 3.05) is 0 Å². The number of rotatable bonds is 3. The highest BCUT2D eigenvalue weighted by Gasteiger charge is 2.37. The molecule has 2 aliphatic rings. The van der Waals surface area contributed by atoms with E-state index in [9.17, 15) is 4.39 Å². The maximum atomic E-state index is 14.3. The maximum Gasteiger partial charge on any atom is 0.130 e. The molecule has 2 aliphatic heterocycles. The van der Waals surface area contributed by atoms with Gasteiger partial charge in [0.2, 0.25) is 0 Å². The molecule has 4 rings (SSSR count). The van der Waals surface area contributed by atoms with Crippen LogP contribution in [0.2, 0.25) is 0 Å². The summed E-state index contributed by atoms with van der Waals surface area (Å²) in [6, 6.07) is 17.0. The monoisotopic (exact) mass is 307 g/mol. The fourth-order valence-electron chi connectivity index (χ4n) is 4.18. The van der Waals surface area contributed by atoms with Crippen molar-refractivity contribution in [3.8, 4) is 0 Å². The Balaban J connectivity index is 1.62. The van der Waals surface area contributed by atoms with Crippen LogP contribution in [0.25, 0.3) is 5.57 Å². The Bertz CT molecular complexity index is 715. The predicted octanol–water partition coefficient (Wildman–Crippen LogP) is 4.95. The zero-order chi connectivity index (χ0) is 15.8.